The van der Waals surface area contributed by atoms with E-state index in [1.54, 1.807) is 0 Å². The van der Waals surface area contributed by atoms with Gasteiger partial charge in [-0.1, -0.05) is 6.92 Å². The highest BCUT2D eigenvalue weighted by atomic mass is 15.3. The molecule has 92 valence electrons. The van der Waals surface area contributed by atoms with E-state index in [4.69, 9.17) is 0 Å². The van der Waals surface area contributed by atoms with Crippen LogP contribution in [-0.2, 0) is 13.6 Å². The highest BCUT2D eigenvalue weighted by Gasteiger charge is 2.16. The zero-order valence-corrected chi connectivity index (χ0v) is 10.8. The summed E-state index contributed by atoms with van der Waals surface area (Å²) in [7, 11) is 1.96. The summed E-state index contributed by atoms with van der Waals surface area (Å²) in [5.41, 5.74) is 5.62. The topological polar surface area (TPSA) is 58.5 Å². The van der Waals surface area contributed by atoms with Gasteiger partial charge in [-0.2, -0.15) is 10.2 Å². The summed E-state index contributed by atoms with van der Waals surface area (Å²) in [5.74, 6) is 0. The molecule has 0 spiro atoms. The average Bonchev–Trinajstić information content (AvgIpc) is 2.82. The molecular formula is C12H19N5. The van der Waals surface area contributed by atoms with E-state index in [0.717, 1.165) is 35.7 Å². The summed E-state index contributed by atoms with van der Waals surface area (Å²) in [5, 5.41) is 15.0. The first-order valence-corrected chi connectivity index (χ1v) is 5.88. The normalized spacial score (nSPS) is 11.1. The molecule has 0 aromatic carbocycles. The lowest BCUT2D eigenvalue weighted by molar-refractivity contribution is 0.727. The summed E-state index contributed by atoms with van der Waals surface area (Å²) in [6.07, 6.45) is 1.88. The average molecular weight is 233 g/mol. The Kier molecular flexibility index (Phi) is 3.28. The number of H-pyrrole nitrogens is 1. The molecule has 5 heteroatoms. The molecule has 0 fully saturated rings. The second-order valence-corrected chi connectivity index (χ2v) is 4.22. The van der Waals surface area contributed by atoms with Crippen LogP contribution in [0, 0.1) is 13.8 Å². The summed E-state index contributed by atoms with van der Waals surface area (Å²) >= 11 is 0. The number of nitrogens with one attached hydrogen (secondary N) is 2. The van der Waals surface area contributed by atoms with Gasteiger partial charge < -0.3 is 5.32 Å². The van der Waals surface area contributed by atoms with Gasteiger partial charge in [0.2, 0.25) is 0 Å². The molecule has 0 saturated carbocycles. The van der Waals surface area contributed by atoms with Crippen molar-refractivity contribution in [3.05, 3.63) is 23.1 Å². The Hall–Kier alpha value is -1.62. The van der Waals surface area contributed by atoms with Crippen molar-refractivity contribution < 1.29 is 0 Å². The van der Waals surface area contributed by atoms with E-state index >= 15 is 0 Å². The third-order valence-electron chi connectivity index (χ3n) is 3.04. The molecule has 2 heterocycles. The van der Waals surface area contributed by atoms with E-state index in [-0.39, 0.29) is 0 Å². The molecule has 0 aliphatic carbocycles. The van der Waals surface area contributed by atoms with Crippen LogP contribution in [-0.4, -0.2) is 26.5 Å². The Bertz CT molecular complexity index is 509. The minimum atomic E-state index is 0.829. The van der Waals surface area contributed by atoms with Gasteiger partial charge >= 0.3 is 0 Å². The molecular weight excluding hydrogens is 214 g/mol. The molecule has 0 amide bonds. The first-order chi connectivity index (χ1) is 8.15. The summed E-state index contributed by atoms with van der Waals surface area (Å²) < 4.78 is 1.91. The fraction of sp³-hybridized carbons (Fsp3) is 0.500. The number of hydrogen-bond donors (Lipinski definition) is 2. The van der Waals surface area contributed by atoms with E-state index in [1.807, 2.05) is 24.9 Å². The molecule has 0 saturated heterocycles. The van der Waals surface area contributed by atoms with Crippen molar-refractivity contribution in [1.82, 2.24) is 25.3 Å². The largest absolute Gasteiger partial charge is 0.313 e. The standard InChI is InChI=1S/C12H19N5/c1-5-13-6-10-7-14-15-12(10)11-8(2)16-17(4)9(11)3/h7,13H,5-6H2,1-4H3,(H,14,15). The van der Waals surface area contributed by atoms with Crippen molar-refractivity contribution in [2.24, 2.45) is 7.05 Å². The molecule has 0 unspecified atom stereocenters. The zero-order chi connectivity index (χ0) is 12.4. The molecule has 2 aromatic heterocycles. The van der Waals surface area contributed by atoms with Crippen LogP contribution < -0.4 is 5.32 Å². The van der Waals surface area contributed by atoms with Crippen LogP contribution in [0.15, 0.2) is 6.20 Å². The Balaban J connectivity index is 2.42. The maximum atomic E-state index is 4.44. The number of nitrogens with zero attached hydrogens (tertiary/aromatic N) is 3. The van der Waals surface area contributed by atoms with E-state index in [9.17, 15) is 0 Å². The van der Waals surface area contributed by atoms with E-state index < -0.39 is 0 Å². The number of rotatable bonds is 4. The van der Waals surface area contributed by atoms with Crippen molar-refractivity contribution in [2.45, 2.75) is 27.3 Å². The van der Waals surface area contributed by atoms with Gasteiger partial charge in [-0.25, -0.2) is 0 Å². The Morgan fingerprint density at radius 3 is 2.76 bits per heavy atom. The molecule has 0 atom stereocenters. The van der Waals surface area contributed by atoms with Gasteiger partial charge in [0.1, 0.15) is 0 Å². The minimum Gasteiger partial charge on any atom is -0.313 e. The summed E-state index contributed by atoms with van der Waals surface area (Å²) in [6, 6.07) is 0. The van der Waals surface area contributed by atoms with Crippen molar-refractivity contribution in [3.63, 3.8) is 0 Å². The second-order valence-electron chi connectivity index (χ2n) is 4.22. The summed E-state index contributed by atoms with van der Waals surface area (Å²) in [6.45, 7) is 7.99. The van der Waals surface area contributed by atoms with Crippen LogP contribution in [0.1, 0.15) is 23.9 Å². The molecule has 2 aromatic rings. The Morgan fingerprint density at radius 1 is 1.41 bits per heavy atom. The second kappa shape index (κ2) is 4.71. The summed E-state index contributed by atoms with van der Waals surface area (Å²) in [4.78, 5) is 0. The van der Waals surface area contributed by atoms with Gasteiger partial charge in [0.05, 0.1) is 17.6 Å². The maximum Gasteiger partial charge on any atom is 0.0732 e. The minimum absolute atomic E-state index is 0.829. The van der Waals surface area contributed by atoms with Gasteiger partial charge in [-0.15, -0.1) is 0 Å². The fourth-order valence-corrected chi connectivity index (χ4v) is 2.06. The van der Waals surface area contributed by atoms with E-state index in [1.165, 1.54) is 5.56 Å². The Morgan fingerprint density at radius 2 is 2.18 bits per heavy atom. The van der Waals surface area contributed by atoms with E-state index in [2.05, 4.69) is 34.5 Å². The van der Waals surface area contributed by atoms with Crippen molar-refractivity contribution in [3.8, 4) is 11.3 Å². The Labute approximate surface area is 101 Å². The molecule has 0 aliphatic rings. The third-order valence-corrected chi connectivity index (χ3v) is 3.04. The molecule has 2 rings (SSSR count). The lowest BCUT2D eigenvalue weighted by Crippen LogP contribution is -2.11. The van der Waals surface area contributed by atoms with Crippen LogP contribution in [0.2, 0.25) is 0 Å². The molecule has 2 N–H and O–H groups in total. The van der Waals surface area contributed by atoms with Gasteiger partial charge in [-0.3, -0.25) is 9.78 Å². The van der Waals surface area contributed by atoms with Gasteiger partial charge in [0.25, 0.3) is 0 Å². The van der Waals surface area contributed by atoms with Crippen LogP contribution >= 0.6 is 0 Å². The van der Waals surface area contributed by atoms with Crippen molar-refractivity contribution in [2.75, 3.05) is 6.54 Å². The monoisotopic (exact) mass is 233 g/mol. The lowest BCUT2D eigenvalue weighted by Gasteiger charge is -2.04. The van der Waals surface area contributed by atoms with Crippen LogP contribution in [0.4, 0.5) is 0 Å². The molecule has 0 aliphatic heterocycles. The number of aromatic amines is 1. The smallest absolute Gasteiger partial charge is 0.0732 e. The highest BCUT2D eigenvalue weighted by Crippen LogP contribution is 2.27. The molecule has 17 heavy (non-hydrogen) atoms. The van der Waals surface area contributed by atoms with Crippen molar-refractivity contribution in [1.29, 1.82) is 0 Å². The van der Waals surface area contributed by atoms with Gasteiger partial charge in [-0.05, 0) is 20.4 Å². The first kappa shape index (κ1) is 11.9. The predicted molar refractivity (Wildman–Crippen MR) is 67.6 cm³/mol. The maximum absolute atomic E-state index is 4.44. The molecule has 5 nitrogen and oxygen atoms in total. The predicted octanol–water partition coefficient (Wildman–Crippen LogP) is 1.54. The van der Waals surface area contributed by atoms with Gasteiger partial charge in [0, 0.05) is 30.4 Å². The quantitative estimate of drug-likeness (QED) is 0.842. The SMILES string of the molecule is CCNCc1cn[nH]c1-c1c(C)nn(C)c1C. The van der Waals surface area contributed by atoms with Crippen LogP contribution in [0.3, 0.4) is 0 Å². The zero-order valence-electron chi connectivity index (χ0n) is 10.8. The first-order valence-electron chi connectivity index (χ1n) is 5.88. The third kappa shape index (κ3) is 2.10. The molecule has 0 radical (unpaired) electrons. The highest BCUT2D eigenvalue weighted by molar-refractivity contribution is 5.67. The van der Waals surface area contributed by atoms with Crippen molar-refractivity contribution >= 4 is 0 Å². The lowest BCUT2D eigenvalue weighted by atomic mass is 10.1. The number of aromatic nitrogens is 4. The van der Waals surface area contributed by atoms with Gasteiger partial charge in [0.15, 0.2) is 0 Å². The number of hydrogen-bond acceptors (Lipinski definition) is 3. The fourth-order valence-electron chi connectivity index (χ4n) is 2.06. The van der Waals surface area contributed by atoms with E-state index in [0.29, 0.717) is 0 Å². The van der Waals surface area contributed by atoms with Crippen LogP contribution in [0.5, 0.6) is 0 Å². The van der Waals surface area contributed by atoms with Crippen LogP contribution in [0.25, 0.3) is 11.3 Å². The number of aryl methyl sites for hydroxylation is 2. The molecule has 0 bridgehead atoms.